The van der Waals surface area contributed by atoms with E-state index in [9.17, 15) is 19.8 Å². The number of rotatable bonds is 46. The Kier molecular flexibility index (Phi) is 45.7. The molecule has 6 nitrogen and oxygen atoms in total. The Morgan fingerprint density at radius 3 is 1.28 bits per heavy atom. The fourth-order valence-electron chi connectivity index (χ4n) is 7.57. The molecule has 0 spiro atoms. The average molecular weight is 804 g/mol. The molecule has 6 heteroatoms. The zero-order valence-electron chi connectivity index (χ0n) is 38.1. The molecule has 1 amide bonds. The van der Waals surface area contributed by atoms with Crippen molar-refractivity contribution in [3.63, 3.8) is 0 Å². The number of carbonyl (C=O) groups is 2. The molecule has 3 N–H and O–H groups in total. The lowest BCUT2D eigenvalue weighted by Crippen LogP contribution is -2.45. The average Bonchev–Trinajstić information content (AvgIpc) is 3.21. The van der Waals surface area contributed by atoms with Crippen molar-refractivity contribution >= 4 is 11.9 Å². The van der Waals surface area contributed by atoms with Gasteiger partial charge in [0.15, 0.2) is 0 Å². The summed E-state index contributed by atoms with van der Waals surface area (Å²) in [6.07, 6.45) is 54.3. The standard InChI is InChI=1S/C51H97NO5/c1-3-5-7-9-11-13-15-17-18-19-20-21-23-27-31-35-39-43-49(54)48(47-53)52-50(55)44-40-36-32-28-24-22-26-30-34-38-42-46-57-51(56)45-41-37-33-29-25-16-14-12-10-8-6-4-2/h12,14,26,30,48-49,53-54H,3-11,13,15-25,27-29,31-47H2,1-2H3,(H,52,55)/b14-12-,30-26-. The number of nitrogens with one attached hydrogen (secondary N) is 1. The number of unbranched alkanes of at least 4 members (excludes halogenated alkanes) is 31. The van der Waals surface area contributed by atoms with Crippen LogP contribution in [-0.4, -0.2) is 47.4 Å². The summed E-state index contributed by atoms with van der Waals surface area (Å²) in [7, 11) is 0. The highest BCUT2D eigenvalue weighted by Gasteiger charge is 2.20. The highest BCUT2D eigenvalue weighted by molar-refractivity contribution is 5.76. The van der Waals surface area contributed by atoms with Crippen LogP contribution in [0.4, 0.5) is 0 Å². The summed E-state index contributed by atoms with van der Waals surface area (Å²) in [6, 6.07) is -0.562. The molecule has 0 rings (SSSR count). The maximum Gasteiger partial charge on any atom is 0.305 e. The van der Waals surface area contributed by atoms with Gasteiger partial charge in [-0.1, -0.05) is 199 Å². The quantitative estimate of drug-likeness (QED) is 0.0324. The Labute approximate surface area is 354 Å². The molecular weight excluding hydrogens is 707 g/mol. The number of hydrogen-bond acceptors (Lipinski definition) is 5. The first kappa shape index (κ1) is 55.3. The van der Waals surface area contributed by atoms with E-state index in [1.807, 2.05) is 0 Å². The Hall–Kier alpha value is -1.66. The van der Waals surface area contributed by atoms with Crippen LogP contribution >= 0.6 is 0 Å². The molecule has 0 saturated heterocycles. The molecule has 0 bridgehead atoms. The van der Waals surface area contributed by atoms with Crippen molar-refractivity contribution in [3.8, 4) is 0 Å². The highest BCUT2D eigenvalue weighted by Crippen LogP contribution is 2.16. The molecule has 0 aliphatic carbocycles. The second-order valence-corrected chi connectivity index (χ2v) is 17.1. The smallest absolute Gasteiger partial charge is 0.305 e. The van der Waals surface area contributed by atoms with Gasteiger partial charge in [0.05, 0.1) is 25.4 Å². The third-order valence-corrected chi connectivity index (χ3v) is 11.5. The van der Waals surface area contributed by atoms with Crippen molar-refractivity contribution < 1.29 is 24.5 Å². The fourth-order valence-corrected chi connectivity index (χ4v) is 7.57. The van der Waals surface area contributed by atoms with Crippen LogP contribution < -0.4 is 5.32 Å². The molecule has 0 aliphatic rings. The van der Waals surface area contributed by atoms with Gasteiger partial charge in [0.1, 0.15) is 0 Å². The molecule has 0 aliphatic heterocycles. The Morgan fingerprint density at radius 2 is 0.825 bits per heavy atom. The van der Waals surface area contributed by atoms with Crippen molar-refractivity contribution in [2.24, 2.45) is 0 Å². The van der Waals surface area contributed by atoms with Gasteiger partial charge in [-0.15, -0.1) is 0 Å². The molecule has 0 aromatic carbocycles. The first-order valence-electron chi connectivity index (χ1n) is 25.1. The molecule has 0 fully saturated rings. The van der Waals surface area contributed by atoms with Gasteiger partial charge in [-0.05, 0) is 77.0 Å². The van der Waals surface area contributed by atoms with Crippen LogP contribution in [0, 0.1) is 0 Å². The number of esters is 1. The number of aliphatic hydroxyl groups excluding tert-OH is 2. The van der Waals surface area contributed by atoms with E-state index in [0.717, 1.165) is 83.5 Å². The lowest BCUT2D eigenvalue weighted by atomic mass is 10.0. The predicted molar refractivity (Wildman–Crippen MR) is 246 cm³/mol. The molecule has 0 aromatic rings. The topological polar surface area (TPSA) is 95.9 Å². The lowest BCUT2D eigenvalue weighted by Gasteiger charge is -2.22. The first-order chi connectivity index (χ1) is 28.0. The van der Waals surface area contributed by atoms with Gasteiger partial charge in [0.25, 0.3) is 0 Å². The van der Waals surface area contributed by atoms with E-state index in [1.165, 1.54) is 148 Å². The van der Waals surface area contributed by atoms with Gasteiger partial charge in [-0.25, -0.2) is 0 Å². The van der Waals surface area contributed by atoms with Crippen LogP contribution in [0.15, 0.2) is 24.3 Å². The van der Waals surface area contributed by atoms with Crippen LogP contribution in [0.1, 0.15) is 264 Å². The maximum atomic E-state index is 12.4. The number of allylic oxidation sites excluding steroid dienone is 4. The first-order valence-corrected chi connectivity index (χ1v) is 25.1. The zero-order valence-corrected chi connectivity index (χ0v) is 38.1. The summed E-state index contributed by atoms with van der Waals surface area (Å²) in [6.45, 7) is 4.85. The third kappa shape index (κ3) is 43.7. The molecule has 0 radical (unpaired) electrons. The molecule has 2 atom stereocenters. The zero-order chi connectivity index (χ0) is 41.5. The molecule has 0 aromatic heterocycles. The van der Waals surface area contributed by atoms with Crippen LogP contribution in [0.2, 0.25) is 0 Å². The lowest BCUT2D eigenvalue weighted by molar-refractivity contribution is -0.143. The number of hydrogen-bond donors (Lipinski definition) is 3. The fraction of sp³-hybridized carbons (Fsp3) is 0.882. The van der Waals surface area contributed by atoms with Gasteiger partial charge >= 0.3 is 5.97 Å². The van der Waals surface area contributed by atoms with Crippen molar-refractivity contribution in [2.45, 2.75) is 276 Å². The minimum absolute atomic E-state index is 0.0413. The molecule has 0 saturated carbocycles. The number of carbonyl (C=O) groups excluding carboxylic acids is 2. The normalized spacial score (nSPS) is 12.8. The van der Waals surface area contributed by atoms with E-state index in [4.69, 9.17) is 4.74 Å². The molecule has 336 valence electrons. The van der Waals surface area contributed by atoms with E-state index in [2.05, 4.69) is 43.5 Å². The Balaban J connectivity index is 3.53. The summed E-state index contributed by atoms with van der Waals surface area (Å²) >= 11 is 0. The molecule has 57 heavy (non-hydrogen) atoms. The summed E-state index contributed by atoms with van der Waals surface area (Å²) in [5, 5.41) is 23.2. The molecule has 0 heterocycles. The Morgan fingerprint density at radius 1 is 0.474 bits per heavy atom. The maximum absolute atomic E-state index is 12.4. The van der Waals surface area contributed by atoms with Crippen molar-refractivity contribution in [1.82, 2.24) is 5.32 Å². The van der Waals surface area contributed by atoms with E-state index in [1.54, 1.807) is 0 Å². The minimum atomic E-state index is -0.682. The van der Waals surface area contributed by atoms with E-state index in [0.29, 0.717) is 25.9 Å². The molecule has 2 unspecified atom stereocenters. The third-order valence-electron chi connectivity index (χ3n) is 11.5. The second-order valence-electron chi connectivity index (χ2n) is 17.1. The van der Waals surface area contributed by atoms with Gasteiger partial charge < -0.3 is 20.3 Å². The van der Waals surface area contributed by atoms with Gasteiger partial charge in [-0.3, -0.25) is 9.59 Å². The van der Waals surface area contributed by atoms with Gasteiger partial charge in [0.2, 0.25) is 5.91 Å². The number of amides is 1. The largest absolute Gasteiger partial charge is 0.466 e. The SMILES string of the molecule is CCCCC/C=C\CCCCCCCC(=O)OCCCC/C=C\CCCCCCCC(=O)NC(CO)C(O)CCCCCCCCCCCCCCCCCCC. The summed E-state index contributed by atoms with van der Waals surface area (Å²) in [5.41, 5.74) is 0. The number of ether oxygens (including phenoxy) is 1. The highest BCUT2D eigenvalue weighted by atomic mass is 16.5. The van der Waals surface area contributed by atoms with E-state index < -0.39 is 12.1 Å². The van der Waals surface area contributed by atoms with Crippen LogP contribution in [-0.2, 0) is 14.3 Å². The van der Waals surface area contributed by atoms with Crippen molar-refractivity contribution in [1.29, 1.82) is 0 Å². The summed E-state index contributed by atoms with van der Waals surface area (Å²) < 4.78 is 5.41. The van der Waals surface area contributed by atoms with Crippen molar-refractivity contribution in [3.05, 3.63) is 24.3 Å². The minimum Gasteiger partial charge on any atom is -0.466 e. The molecular formula is C51H97NO5. The van der Waals surface area contributed by atoms with Gasteiger partial charge in [-0.2, -0.15) is 0 Å². The van der Waals surface area contributed by atoms with Gasteiger partial charge in [0, 0.05) is 12.8 Å². The van der Waals surface area contributed by atoms with Crippen LogP contribution in [0.3, 0.4) is 0 Å². The van der Waals surface area contributed by atoms with E-state index in [-0.39, 0.29) is 18.5 Å². The van der Waals surface area contributed by atoms with Crippen LogP contribution in [0.25, 0.3) is 0 Å². The predicted octanol–water partition coefficient (Wildman–Crippen LogP) is 14.7. The second kappa shape index (κ2) is 47.0. The number of aliphatic hydroxyl groups is 2. The summed E-state index contributed by atoms with van der Waals surface area (Å²) in [5.74, 6) is -0.105. The van der Waals surface area contributed by atoms with Crippen LogP contribution in [0.5, 0.6) is 0 Å². The van der Waals surface area contributed by atoms with Crippen molar-refractivity contribution in [2.75, 3.05) is 13.2 Å². The summed E-state index contributed by atoms with van der Waals surface area (Å²) in [4.78, 5) is 24.4. The Bertz CT molecular complexity index is 889. The monoisotopic (exact) mass is 804 g/mol. The van der Waals surface area contributed by atoms with E-state index >= 15 is 0 Å².